The molecule has 0 saturated carbocycles. The molecule has 1 N–H and O–H groups in total. The molecular weight excluding hydrogens is 667 g/mol. The number of nitrogens with zero attached hydrogens (tertiary/aromatic N) is 2. The molecule has 0 aliphatic carbocycles. The van der Waals surface area contributed by atoms with Crippen LogP contribution in [0, 0.1) is 0 Å². The molecule has 1 aliphatic rings. The van der Waals surface area contributed by atoms with E-state index in [1.807, 2.05) is 6.20 Å². The van der Waals surface area contributed by atoms with Crippen molar-refractivity contribution in [3.8, 4) is 33.4 Å². The second-order valence-electron chi connectivity index (χ2n) is 14.4. The number of hydrogen-bond acceptors (Lipinski definition) is 3. The molecule has 0 spiro atoms. The van der Waals surface area contributed by atoms with Gasteiger partial charge in [-0.2, -0.15) is 0 Å². The van der Waals surface area contributed by atoms with Gasteiger partial charge in [-0.1, -0.05) is 170 Å². The van der Waals surface area contributed by atoms with Gasteiger partial charge >= 0.3 is 0 Å². The van der Waals surface area contributed by atoms with Gasteiger partial charge in [-0.25, -0.2) is 4.98 Å². The van der Waals surface area contributed by atoms with Crippen LogP contribution in [0.3, 0.4) is 0 Å². The van der Waals surface area contributed by atoms with E-state index in [1.54, 1.807) is 0 Å². The number of aromatic nitrogens is 1. The minimum Gasteiger partial charge on any atom is -0.344 e. The van der Waals surface area contributed by atoms with Crippen molar-refractivity contribution in [3.63, 3.8) is 0 Å². The first-order chi connectivity index (χ1) is 27.3. The van der Waals surface area contributed by atoms with Crippen LogP contribution in [0.15, 0.2) is 200 Å². The van der Waals surface area contributed by atoms with Crippen LogP contribution in [0.5, 0.6) is 0 Å². The molecule has 10 aromatic rings. The lowest BCUT2D eigenvalue weighted by Gasteiger charge is -2.28. The average Bonchev–Trinajstić information content (AvgIpc) is 3.66. The Morgan fingerprint density at radius 2 is 0.982 bits per heavy atom. The van der Waals surface area contributed by atoms with Gasteiger partial charge in [0.25, 0.3) is 0 Å². The number of nitrogens with one attached hydrogen (secondary N) is 1. The Hall–Kier alpha value is -7.23. The SMILES string of the molecule is c1ccc(-c2c3ccccc3c(-c3ccc4ccccc4c3)c3ccc(-c4ccc(N5c6c(ncc7ccccc67)NC5c5ccccc5)cc4)cc23)cc1. The summed E-state index contributed by atoms with van der Waals surface area (Å²) in [4.78, 5) is 7.28. The summed E-state index contributed by atoms with van der Waals surface area (Å²) in [7, 11) is 0. The lowest BCUT2D eigenvalue weighted by atomic mass is 9.84. The average molecular weight is 702 g/mol. The monoisotopic (exact) mass is 701 g/mol. The molecule has 1 aromatic heterocycles. The maximum atomic E-state index is 4.88. The quantitative estimate of drug-likeness (QED) is 0.181. The molecule has 1 atom stereocenters. The van der Waals surface area contributed by atoms with Gasteiger partial charge in [0.1, 0.15) is 6.17 Å². The summed E-state index contributed by atoms with van der Waals surface area (Å²) < 4.78 is 0. The zero-order valence-corrected chi connectivity index (χ0v) is 30.0. The van der Waals surface area contributed by atoms with Gasteiger partial charge in [0.05, 0.1) is 5.69 Å². The van der Waals surface area contributed by atoms with Gasteiger partial charge in [0, 0.05) is 22.7 Å². The third kappa shape index (κ3) is 5.16. The second kappa shape index (κ2) is 12.7. The van der Waals surface area contributed by atoms with Crippen molar-refractivity contribution >= 4 is 60.3 Å². The van der Waals surface area contributed by atoms with E-state index >= 15 is 0 Å². The summed E-state index contributed by atoms with van der Waals surface area (Å²) in [6, 6.07) is 70.5. The predicted octanol–water partition coefficient (Wildman–Crippen LogP) is 14.0. The molecule has 258 valence electrons. The number of hydrogen-bond donors (Lipinski definition) is 1. The third-order valence-electron chi connectivity index (χ3n) is 11.3. The smallest absolute Gasteiger partial charge is 0.152 e. The van der Waals surface area contributed by atoms with Gasteiger partial charge < -0.3 is 10.2 Å². The minimum absolute atomic E-state index is 0.0868. The number of benzene rings is 9. The van der Waals surface area contributed by atoms with Crippen molar-refractivity contribution in [1.29, 1.82) is 0 Å². The maximum Gasteiger partial charge on any atom is 0.152 e. The molecule has 11 rings (SSSR count). The van der Waals surface area contributed by atoms with E-state index in [0.717, 1.165) is 22.6 Å². The Labute approximate surface area is 319 Å². The van der Waals surface area contributed by atoms with Gasteiger partial charge in [-0.15, -0.1) is 0 Å². The van der Waals surface area contributed by atoms with Crippen molar-refractivity contribution in [3.05, 3.63) is 206 Å². The fourth-order valence-electron chi connectivity index (χ4n) is 8.71. The first kappa shape index (κ1) is 31.3. The predicted molar refractivity (Wildman–Crippen MR) is 232 cm³/mol. The highest BCUT2D eigenvalue weighted by Gasteiger charge is 2.33. The summed E-state index contributed by atoms with van der Waals surface area (Å²) in [6.07, 6.45) is 1.88. The van der Waals surface area contributed by atoms with Crippen LogP contribution < -0.4 is 10.2 Å². The van der Waals surface area contributed by atoms with Crippen LogP contribution in [0.4, 0.5) is 17.2 Å². The molecule has 55 heavy (non-hydrogen) atoms. The molecular formula is C52H35N3. The topological polar surface area (TPSA) is 28.2 Å². The normalized spacial score (nSPS) is 13.7. The highest BCUT2D eigenvalue weighted by atomic mass is 15.4. The Morgan fingerprint density at radius 1 is 0.400 bits per heavy atom. The van der Waals surface area contributed by atoms with E-state index in [4.69, 9.17) is 4.98 Å². The summed E-state index contributed by atoms with van der Waals surface area (Å²) in [6.45, 7) is 0. The highest BCUT2D eigenvalue weighted by Crippen LogP contribution is 2.49. The van der Waals surface area contributed by atoms with E-state index in [0.29, 0.717) is 0 Å². The number of pyridine rings is 1. The lowest BCUT2D eigenvalue weighted by Crippen LogP contribution is -2.23. The third-order valence-corrected chi connectivity index (χ3v) is 11.3. The highest BCUT2D eigenvalue weighted by molar-refractivity contribution is 6.22. The van der Waals surface area contributed by atoms with Gasteiger partial charge in [0.2, 0.25) is 0 Å². The second-order valence-corrected chi connectivity index (χ2v) is 14.4. The Kier molecular flexibility index (Phi) is 7.24. The lowest BCUT2D eigenvalue weighted by molar-refractivity contribution is 0.828. The molecule has 0 amide bonds. The Morgan fingerprint density at radius 3 is 1.75 bits per heavy atom. The zero-order valence-electron chi connectivity index (χ0n) is 30.0. The van der Waals surface area contributed by atoms with E-state index in [9.17, 15) is 0 Å². The van der Waals surface area contributed by atoms with Crippen molar-refractivity contribution in [2.24, 2.45) is 0 Å². The summed E-state index contributed by atoms with van der Waals surface area (Å²) in [5, 5.41) is 13.5. The van der Waals surface area contributed by atoms with Crippen LogP contribution in [0.2, 0.25) is 0 Å². The molecule has 3 heteroatoms. The minimum atomic E-state index is -0.0868. The van der Waals surface area contributed by atoms with E-state index in [1.165, 1.54) is 76.6 Å². The van der Waals surface area contributed by atoms with Gasteiger partial charge in [-0.05, 0) is 95.5 Å². The van der Waals surface area contributed by atoms with Crippen LogP contribution in [-0.4, -0.2) is 4.98 Å². The largest absolute Gasteiger partial charge is 0.344 e. The van der Waals surface area contributed by atoms with Crippen molar-refractivity contribution in [1.82, 2.24) is 4.98 Å². The zero-order chi connectivity index (χ0) is 36.3. The summed E-state index contributed by atoms with van der Waals surface area (Å²) >= 11 is 0. The fraction of sp³-hybridized carbons (Fsp3) is 0.0192. The fourth-order valence-corrected chi connectivity index (χ4v) is 8.71. The molecule has 0 saturated heterocycles. The molecule has 0 radical (unpaired) electrons. The number of fused-ring (bicyclic) bond motifs is 6. The molecule has 0 bridgehead atoms. The standard InChI is InChI=1S/C52H35N3/c1-3-14-36(15-4-1)48-44-21-11-12-22-45(44)49(40-24-23-34-13-7-8-18-38(34)31-40)46-30-27-39(32-47(46)48)35-25-28-42(29-26-35)55-50-43-20-10-9-19-41(43)33-53-51(50)54-52(55)37-16-5-2-6-17-37/h1-33,52H,(H,53,54). The van der Waals surface area contributed by atoms with Gasteiger partial charge in [-0.3, -0.25) is 0 Å². The van der Waals surface area contributed by atoms with Crippen LogP contribution in [0.25, 0.3) is 76.5 Å². The molecule has 1 unspecified atom stereocenters. The number of anilines is 3. The Bertz CT molecular complexity index is 3060. The summed E-state index contributed by atoms with van der Waals surface area (Å²) in [5.41, 5.74) is 10.7. The first-order valence-electron chi connectivity index (χ1n) is 18.9. The van der Waals surface area contributed by atoms with E-state index in [2.05, 4.69) is 204 Å². The Balaban J connectivity index is 1.09. The molecule has 0 fully saturated rings. The first-order valence-corrected chi connectivity index (χ1v) is 18.9. The van der Waals surface area contributed by atoms with Crippen molar-refractivity contribution in [2.75, 3.05) is 10.2 Å². The van der Waals surface area contributed by atoms with E-state index < -0.39 is 0 Å². The van der Waals surface area contributed by atoms with Crippen molar-refractivity contribution in [2.45, 2.75) is 6.17 Å². The van der Waals surface area contributed by atoms with Crippen LogP contribution in [-0.2, 0) is 0 Å². The van der Waals surface area contributed by atoms with Crippen molar-refractivity contribution < 1.29 is 0 Å². The van der Waals surface area contributed by atoms with Gasteiger partial charge in [0.15, 0.2) is 5.82 Å². The molecule has 9 aromatic carbocycles. The maximum absolute atomic E-state index is 4.88. The summed E-state index contributed by atoms with van der Waals surface area (Å²) in [5.74, 6) is 0.897. The van der Waals surface area contributed by atoms with Crippen LogP contribution >= 0.6 is 0 Å². The molecule has 3 nitrogen and oxygen atoms in total. The molecule has 2 heterocycles. The molecule has 1 aliphatic heterocycles. The number of rotatable bonds is 5. The van der Waals surface area contributed by atoms with Crippen LogP contribution in [0.1, 0.15) is 11.7 Å². The van der Waals surface area contributed by atoms with E-state index in [-0.39, 0.29) is 6.17 Å².